The highest BCUT2D eigenvalue weighted by Crippen LogP contribution is 2.15. The molecule has 0 aliphatic rings. The molecule has 0 radical (unpaired) electrons. The van der Waals surface area contributed by atoms with E-state index in [1.54, 1.807) is 34.6 Å². The highest BCUT2D eigenvalue weighted by Gasteiger charge is 2.23. The second-order valence-corrected chi connectivity index (χ2v) is 7.90. The van der Waals surface area contributed by atoms with Crippen LogP contribution in [0.2, 0.25) is 0 Å². The standard InChI is InChI=1S/C23H28N4OS/c1-25(2)27(18-21-12-7-4-8-13-21)23(28)26(19-22-24-15-17-29-22)16-9-14-20-10-5-3-6-11-20/h3-8,10-13,15,17H,9,14,16,18-19H2,1-2H3/i1D. The van der Waals surface area contributed by atoms with Crippen molar-refractivity contribution in [3.63, 3.8) is 0 Å². The van der Waals surface area contributed by atoms with Crippen LogP contribution >= 0.6 is 11.3 Å². The number of nitrogens with zero attached hydrogens (tertiary/aromatic N) is 4. The molecule has 2 amide bonds. The molecule has 5 nitrogen and oxygen atoms in total. The molecule has 152 valence electrons. The predicted octanol–water partition coefficient (Wildman–Crippen LogP) is 4.68. The molecule has 0 aliphatic heterocycles. The van der Waals surface area contributed by atoms with E-state index in [4.69, 9.17) is 1.37 Å². The molecule has 2 aromatic carbocycles. The monoisotopic (exact) mass is 409 g/mol. The first kappa shape index (κ1) is 19.6. The molecule has 29 heavy (non-hydrogen) atoms. The molecule has 3 aromatic rings. The number of amides is 2. The summed E-state index contributed by atoms with van der Waals surface area (Å²) < 4.78 is 7.79. The lowest BCUT2D eigenvalue weighted by Crippen LogP contribution is -2.49. The zero-order chi connectivity index (χ0) is 21.2. The average Bonchev–Trinajstić information content (AvgIpc) is 3.30. The Morgan fingerprint density at radius 2 is 1.72 bits per heavy atom. The van der Waals surface area contributed by atoms with Crippen molar-refractivity contribution in [2.75, 3.05) is 20.6 Å². The van der Waals surface area contributed by atoms with Gasteiger partial charge < -0.3 is 4.90 Å². The minimum Gasteiger partial charge on any atom is -0.317 e. The first-order valence-corrected chi connectivity index (χ1v) is 10.6. The fraction of sp³-hybridized carbons (Fsp3) is 0.304. The van der Waals surface area contributed by atoms with Crippen LogP contribution in [0.25, 0.3) is 0 Å². The van der Waals surface area contributed by atoms with Crippen LogP contribution in [0.15, 0.2) is 72.2 Å². The van der Waals surface area contributed by atoms with E-state index < -0.39 is 0 Å². The predicted molar refractivity (Wildman–Crippen MR) is 118 cm³/mol. The van der Waals surface area contributed by atoms with Gasteiger partial charge in [-0.1, -0.05) is 60.7 Å². The van der Waals surface area contributed by atoms with Gasteiger partial charge in [0.1, 0.15) is 5.01 Å². The number of urea groups is 1. The molecule has 0 saturated heterocycles. The van der Waals surface area contributed by atoms with E-state index in [0.717, 1.165) is 23.4 Å². The fourth-order valence-corrected chi connectivity index (χ4v) is 3.74. The quantitative estimate of drug-likeness (QED) is 0.482. The molecule has 1 aromatic heterocycles. The van der Waals surface area contributed by atoms with Crippen molar-refractivity contribution in [1.82, 2.24) is 19.9 Å². The number of hydrazine groups is 1. The van der Waals surface area contributed by atoms with Crippen molar-refractivity contribution in [1.29, 1.82) is 0 Å². The Hall–Kier alpha value is -2.70. The molecule has 0 fully saturated rings. The van der Waals surface area contributed by atoms with Gasteiger partial charge in [-0.25, -0.2) is 14.8 Å². The van der Waals surface area contributed by atoms with E-state index >= 15 is 0 Å². The van der Waals surface area contributed by atoms with Crippen LogP contribution in [0.4, 0.5) is 4.79 Å². The molecule has 0 unspecified atom stereocenters. The van der Waals surface area contributed by atoms with Crippen LogP contribution in [0.1, 0.15) is 23.9 Å². The Bertz CT molecular complexity index is 877. The fourth-order valence-electron chi connectivity index (χ4n) is 3.11. The largest absolute Gasteiger partial charge is 0.335 e. The number of carbonyl (C=O) groups excluding carboxylic acids is 1. The summed E-state index contributed by atoms with van der Waals surface area (Å²) in [6.45, 7) is 1.54. The van der Waals surface area contributed by atoms with Crippen LogP contribution in [0.5, 0.6) is 0 Å². The Balaban J connectivity index is 1.73. The van der Waals surface area contributed by atoms with Crippen LogP contribution in [-0.2, 0) is 19.5 Å². The third kappa shape index (κ3) is 6.41. The number of aryl methyl sites for hydroxylation is 1. The topological polar surface area (TPSA) is 39.7 Å². The van der Waals surface area contributed by atoms with Crippen molar-refractivity contribution in [3.05, 3.63) is 88.4 Å². The minimum absolute atomic E-state index is 0.00762. The summed E-state index contributed by atoms with van der Waals surface area (Å²) in [6, 6.07) is 20.1. The van der Waals surface area contributed by atoms with Gasteiger partial charge in [0.25, 0.3) is 0 Å². The molecule has 0 saturated carbocycles. The number of hydrogen-bond donors (Lipinski definition) is 0. The van der Waals surface area contributed by atoms with Gasteiger partial charge in [0.15, 0.2) is 0 Å². The summed E-state index contributed by atoms with van der Waals surface area (Å²) in [5.41, 5.74) is 2.30. The lowest BCUT2D eigenvalue weighted by Gasteiger charge is -2.34. The molecule has 0 bridgehead atoms. The summed E-state index contributed by atoms with van der Waals surface area (Å²) in [6.07, 6.45) is 3.55. The van der Waals surface area contributed by atoms with E-state index in [-0.39, 0.29) is 13.1 Å². The van der Waals surface area contributed by atoms with E-state index in [9.17, 15) is 4.79 Å². The molecule has 6 heteroatoms. The number of aromatic nitrogens is 1. The van der Waals surface area contributed by atoms with Gasteiger partial charge in [-0.15, -0.1) is 11.3 Å². The highest BCUT2D eigenvalue weighted by molar-refractivity contribution is 7.09. The van der Waals surface area contributed by atoms with E-state index in [1.807, 2.05) is 58.8 Å². The van der Waals surface area contributed by atoms with Gasteiger partial charge in [0.05, 0.1) is 13.1 Å². The molecule has 0 aliphatic carbocycles. The summed E-state index contributed by atoms with van der Waals surface area (Å²) in [5, 5.41) is 6.15. The number of benzene rings is 2. The molecule has 0 spiro atoms. The van der Waals surface area contributed by atoms with Crippen LogP contribution in [0, 0.1) is 0 Å². The zero-order valence-electron chi connectivity index (χ0n) is 17.8. The maximum Gasteiger partial charge on any atom is 0.335 e. The highest BCUT2D eigenvalue weighted by atomic mass is 32.1. The lowest BCUT2D eigenvalue weighted by atomic mass is 10.1. The van der Waals surface area contributed by atoms with Crippen LogP contribution in [-0.4, -0.2) is 46.5 Å². The van der Waals surface area contributed by atoms with Crippen molar-refractivity contribution < 1.29 is 6.17 Å². The van der Waals surface area contributed by atoms with Crippen molar-refractivity contribution in [2.45, 2.75) is 25.9 Å². The summed E-state index contributed by atoms with van der Waals surface area (Å²) in [4.78, 5) is 19.7. The molecule has 0 N–H and O–H groups in total. The molecule has 0 atom stereocenters. The van der Waals surface area contributed by atoms with E-state index in [2.05, 4.69) is 17.1 Å². The second kappa shape index (κ2) is 10.7. The second-order valence-electron chi connectivity index (χ2n) is 6.92. The third-order valence-electron chi connectivity index (χ3n) is 4.62. The molecular formula is C23H28N4OS. The van der Waals surface area contributed by atoms with Crippen LogP contribution < -0.4 is 0 Å². The zero-order valence-corrected chi connectivity index (χ0v) is 17.6. The first-order valence-electron chi connectivity index (χ1n) is 10.4. The van der Waals surface area contributed by atoms with E-state index in [0.29, 0.717) is 19.6 Å². The smallest absolute Gasteiger partial charge is 0.317 e. The third-order valence-corrected chi connectivity index (χ3v) is 5.39. The Kier molecular flexibility index (Phi) is 7.26. The number of thiazole rings is 1. The minimum atomic E-state index is -0.100. The number of carbonyl (C=O) groups is 1. The molecule has 1 heterocycles. The maximum atomic E-state index is 13.5. The van der Waals surface area contributed by atoms with Gasteiger partial charge >= 0.3 is 6.03 Å². The lowest BCUT2D eigenvalue weighted by molar-refractivity contribution is 0.0318. The number of hydrogen-bond acceptors (Lipinski definition) is 4. The van der Waals surface area contributed by atoms with Gasteiger partial charge in [0, 0.05) is 33.6 Å². The Labute approximate surface area is 178 Å². The summed E-state index contributed by atoms with van der Waals surface area (Å²) in [5.74, 6) is 0. The Morgan fingerprint density at radius 3 is 2.34 bits per heavy atom. The van der Waals surface area contributed by atoms with Gasteiger partial charge in [-0.3, -0.25) is 5.01 Å². The van der Waals surface area contributed by atoms with Gasteiger partial charge in [-0.2, -0.15) is 0 Å². The average molecular weight is 410 g/mol. The summed E-state index contributed by atoms with van der Waals surface area (Å²) >= 11 is 1.55. The van der Waals surface area contributed by atoms with Crippen molar-refractivity contribution in [2.24, 2.45) is 0 Å². The van der Waals surface area contributed by atoms with Gasteiger partial charge in [0.2, 0.25) is 0 Å². The van der Waals surface area contributed by atoms with Gasteiger partial charge in [-0.05, 0) is 24.0 Å². The first-order chi connectivity index (χ1) is 14.7. The number of rotatable bonds is 9. The van der Waals surface area contributed by atoms with Crippen LogP contribution in [0.3, 0.4) is 0 Å². The normalized spacial score (nSPS) is 11.3. The Morgan fingerprint density at radius 1 is 1.03 bits per heavy atom. The maximum absolute atomic E-state index is 13.5. The molecular weight excluding hydrogens is 380 g/mol. The SMILES string of the molecule is [2H]CN(C)N(Cc1ccccc1)C(=O)N(CCCc1ccccc1)Cc1nccs1. The van der Waals surface area contributed by atoms with E-state index in [1.165, 1.54) is 5.56 Å². The summed E-state index contributed by atoms with van der Waals surface area (Å²) in [7, 11) is 1.78. The van der Waals surface area contributed by atoms with Crippen molar-refractivity contribution >= 4 is 17.4 Å². The molecule has 3 rings (SSSR count). The van der Waals surface area contributed by atoms with Crippen molar-refractivity contribution in [3.8, 4) is 0 Å².